The van der Waals surface area contributed by atoms with E-state index in [1.54, 1.807) is 31.1 Å². The average Bonchev–Trinajstić information content (AvgIpc) is 2.60. The van der Waals surface area contributed by atoms with Gasteiger partial charge in [0.15, 0.2) is 6.61 Å². The number of hydrogen-bond acceptors (Lipinski definition) is 5. The molecule has 0 saturated carbocycles. The highest BCUT2D eigenvalue weighted by atomic mass is 16.5. The zero-order valence-electron chi connectivity index (χ0n) is 13.6. The van der Waals surface area contributed by atoms with Crippen LogP contribution in [-0.2, 0) is 14.3 Å². The Morgan fingerprint density at radius 2 is 1.91 bits per heavy atom. The Morgan fingerprint density at radius 3 is 2.57 bits per heavy atom. The molecular formula is C17H23NO5. The first-order chi connectivity index (χ1) is 11.1. The maximum Gasteiger partial charge on any atom is 0.309 e. The SMILES string of the molecule is CCOC(=O)C1CCN(C(=O)COc2cccc(OC)c2)CC1. The summed E-state index contributed by atoms with van der Waals surface area (Å²) in [5, 5.41) is 0. The molecule has 0 spiro atoms. The van der Waals surface area contributed by atoms with E-state index < -0.39 is 0 Å². The number of likely N-dealkylation sites (tertiary alicyclic amines) is 1. The van der Waals surface area contributed by atoms with Crippen molar-refractivity contribution in [1.82, 2.24) is 4.90 Å². The molecule has 0 N–H and O–H groups in total. The van der Waals surface area contributed by atoms with Gasteiger partial charge >= 0.3 is 5.97 Å². The standard InChI is InChI=1S/C17H23NO5/c1-3-22-17(20)13-7-9-18(10-8-13)16(19)12-23-15-6-4-5-14(11-15)21-2/h4-6,11,13H,3,7-10,12H2,1-2H3. The number of hydrogen-bond donors (Lipinski definition) is 0. The summed E-state index contributed by atoms with van der Waals surface area (Å²) in [4.78, 5) is 25.6. The summed E-state index contributed by atoms with van der Waals surface area (Å²) in [6, 6.07) is 7.14. The Balaban J connectivity index is 1.77. The highest BCUT2D eigenvalue weighted by molar-refractivity contribution is 5.78. The number of methoxy groups -OCH3 is 1. The van der Waals surface area contributed by atoms with Gasteiger partial charge in [-0.1, -0.05) is 6.07 Å². The van der Waals surface area contributed by atoms with E-state index in [0.717, 1.165) is 0 Å². The molecule has 1 aliphatic heterocycles. The average molecular weight is 321 g/mol. The molecule has 6 nitrogen and oxygen atoms in total. The normalized spacial score (nSPS) is 15.1. The number of rotatable bonds is 6. The molecule has 1 aliphatic rings. The largest absolute Gasteiger partial charge is 0.497 e. The van der Waals surface area contributed by atoms with Gasteiger partial charge in [0.05, 0.1) is 19.6 Å². The van der Waals surface area contributed by atoms with Crippen molar-refractivity contribution in [1.29, 1.82) is 0 Å². The van der Waals surface area contributed by atoms with Crippen LogP contribution in [0.3, 0.4) is 0 Å². The van der Waals surface area contributed by atoms with Crippen molar-refractivity contribution in [2.24, 2.45) is 5.92 Å². The predicted octanol–water partition coefficient (Wildman–Crippen LogP) is 1.88. The lowest BCUT2D eigenvalue weighted by Crippen LogP contribution is -2.42. The summed E-state index contributed by atoms with van der Waals surface area (Å²) in [6.07, 6.45) is 1.29. The monoisotopic (exact) mass is 321 g/mol. The second kappa shape index (κ2) is 8.41. The van der Waals surface area contributed by atoms with Gasteiger partial charge in [0, 0.05) is 19.2 Å². The maximum absolute atomic E-state index is 12.2. The molecule has 0 bridgehead atoms. The first-order valence-corrected chi connectivity index (χ1v) is 7.85. The maximum atomic E-state index is 12.2. The number of piperidine rings is 1. The lowest BCUT2D eigenvalue weighted by Gasteiger charge is -2.30. The van der Waals surface area contributed by atoms with E-state index in [-0.39, 0.29) is 24.4 Å². The molecule has 1 heterocycles. The van der Waals surface area contributed by atoms with Gasteiger partial charge in [0.25, 0.3) is 5.91 Å². The van der Waals surface area contributed by atoms with Crippen molar-refractivity contribution in [3.05, 3.63) is 24.3 Å². The van der Waals surface area contributed by atoms with Crippen LogP contribution >= 0.6 is 0 Å². The van der Waals surface area contributed by atoms with E-state index in [1.807, 2.05) is 12.1 Å². The summed E-state index contributed by atoms with van der Waals surface area (Å²) in [7, 11) is 1.58. The van der Waals surface area contributed by atoms with E-state index >= 15 is 0 Å². The van der Waals surface area contributed by atoms with Gasteiger partial charge in [0.2, 0.25) is 0 Å². The van der Waals surface area contributed by atoms with Gasteiger partial charge in [-0.15, -0.1) is 0 Å². The molecule has 23 heavy (non-hydrogen) atoms. The molecule has 6 heteroatoms. The second-order valence-electron chi connectivity index (χ2n) is 5.37. The molecule has 0 aromatic heterocycles. The van der Waals surface area contributed by atoms with E-state index in [0.29, 0.717) is 44.0 Å². The number of carbonyl (C=O) groups excluding carboxylic acids is 2. The molecule has 1 aromatic rings. The van der Waals surface area contributed by atoms with Gasteiger partial charge < -0.3 is 19.1 Å². The number of amides is 1. The quantitative estimate of drug-likeness (QED) is 0.749. The molecule has 1 amide bonds. The van der Waals surface area contributed by atoms with Gasteiger partial charge in [-0.25, -0.2) is 0 Å². The number of nitrogens with zero attached hydrogens (tertiary/aromatic N) is 1. The third-order valence-corrected chi connectivity index (χ3v) is 3.87. The Hall–Kier alpha value is -2.24. The fourth-order valence-electron chi connectivity index (χ4n) is 2.55. The summed E-state index contributed by atoms with van der Waals surface area (Å²) in [5.74, 6) is 0.949. The minimum absolute atomic E-state index is 0.0166. The Kier molecular flexibility index (Phi) is 6.26. The summed E-state index contributed by atoms with van der Waals surface area (Å²) in [5.41, 5.74) is 0. The number of benzene rings is 1. The third-order valence-electron chi connectivity index (χ3n) is 3.87. The molecular weight excluding hydrogens is 298 g/mol. The van der Waals surface area contributed by atoms with E-state index in [9.17, 15) is 9.59 Å². The first-order valence-electron chi connectivity index (χ1n) is 7.85. The van der Waals surface area contributed by atoms with Crippen LogP contribution < -0.4 is 9.47 Å². The molecule has 0 radical (unpaired) electrons. The fourth-order valence-corrected chi connectivity index (χ4v) is 2.55. The van der Waals surface area contributed by atoms with Crippen molar-refractivity contribution in [2.45, 2.75) is 19.8 Å². The van der Waals surface area contributed by atoms with Crippen LogP contribution in [0, 0.1) is 5.92 Å². The molecule has 1 aromatic carbocycles. The van der Waals surface area contributed by atoms with Crippen LogP contribution in [0.25, 0.3) is 0 Å². The van der Waals surface area contributed by atoms with E-state index in [1.165, 1.54) is 0 Å². The van der Waals surface area contributed by atoms with Crippen molar-refractivity contribution in [3.63, 3.8) is 0 Å². The van der Waals surface area contributed by atoms with Gasteiger partial charge in [0.1, 0.15) is 11.5 Å². The van der Waals surface area contributed by atoms with Crippen LogP contribution in [-0.4, -0.2) is 50.2 Å². The lowest BCUT2D eigenvalue weighted by molar-refractivity contribution is -0.151. The topological polar surface area (TPSA) is 65.1 Å². The molecule has 1 saturated heterocycles. The summed E-state index contributed by atoms with van der Waals surface area (Å²) >= 11 is 0. The lowest BCUT2D eigenvalue weighted by atomic mass is 9.97. The van der Waals surface area contributed by atoms with Crippen molar-refractivity contribution >= 4 is 11.9 Å². The Labute approximate surface area is 136 Å². The minimum Gasteiger partial charge on any atom is -0.497 e. The van der Waals surface area contributed by atoms with Gasteiger partial charge in [-0.3, -0.25) is 9.59 Å². The third kappa shape index (κ3) is 4.87. The van der Waals surface area contributed by atoms with Crippen LogP contribution in [0.2, 0.25) is 0 Å². The predicted molar refractivity (Wildman–Crippen MR) is 84.4 cm³/mol. The summed E-state index contributed by atoms with van der Waals surface area (Å²) in [6.45, 7) is 3.30. The molecule has 2 rings (SSSR count). The molecule has 126 valence electrons. The van der Waals surface area contributed by atoms with E-state index in [4.69, 9.17) is 14.2 Å². The van der Waals surface area contributed by atoms with Crippen molar-refractivity contribution in [2.75, 3.05) is 33.4 Å². The highest BCUT2D eigenvalue weighted by Crippen LogP contribution is 2.20. The molecule has 0 atom stereocenters. The van der Waals surface area contributed by atoms with E-state index in [2.05, 4.69) is 0 Å². The highest BCUT2D eigenvalue weighted by Gasteiger charge is 2.28. The zero-order chi connectivity index (χ0) is 16.7. The molecule has 0 aliphatic carbocycles. The molecule has 1 fully saturated rings. The van der Waals surface area contributed by atoms with Crippen LogP contribution in [0.15, 0.2) is 24.3 Å². The molecule has 0 unspecified atom stereocenters. The zero-order valence-corrected chi connectivity index (χ0v) is 13.6. The number of carbonyl (C=O) groups is 2. The van der Waals surface area contributed by atoms with Gasteiger partial charge in [-0.05, 0) is 31.9 Å². The smallest absolute Gasteiger partial charge is 0.309 e. The van der Waals surface area contributed by atoms with Crippen LogP contribution in [0.4, 0.5) is 0 Å². The second-order valence-corrected chi connectivity index (χ2v) is 5.37. The van der Waals surface area contributed by atoms with Crippen LogP contribution in [0.5, 0.6) is 11.5 Å². The van der Waals surface area contributed by atoms with Crippen molar-refractivity contribution < 1.29 is 23.8 Å². The summed E-state index contributed by atoms with van der Waals surface area (Å²) < 4.78 is 15.7. The Bertz CT molecular complexity index is 538. The number of esters is 1. The minimum atomic E-state index is -0.160. The first kappa shape index (κ1) is 17.1. The Morgan fingerprint density at radius 1 is 1.22 bits per heavy atom. The fraction of sp³-hybridized carbons (Fsp3) is 0.529. The van der Waals surface area contributed by atoms with Crippen molar-refractivity contribution in [3.8, 4) is 11.5 Å². The number of ether oxygens (including phenoxy) is 3. The van der Waals surface area contributed by atoms with Gasteiger partial charge in [-0.2, -0.15) is 0 Å². The van der Waals surface area contributed by atoms with Crippen LogP contribution in [0.1, 0.15) is 19.8 Å².